The number of rotatable bonds is 6. The van der Waals surface area contributed by atoms with E-state index in [4.69, 9.17) is 11.6 Å². The molecule has 0 fully saturated rings. The normalized spacial score (nSPS) is 16.0. The summed E-state index contributed by atoms with van der Waals surface area (Å²) in [7, 11) is 1.69. The van der Waals surface area contributed by atoms with Gasteiger partial charge in [-0.3, -0.25) is 4.79 Å². The summed E-state index contributed by atoms with van der Waals surface area (Å²) in [5, 5.41) is 10.5. The number of aliphatic hydroxyl groups excluding tert-OH is 1. The molecule has 24 heavy (non-hydrogen) atoms. The van der Waals surface area contributed by atoms with Crippen molar-refractivity contribution in [3.8, 4) is 0 Å². The summed E-state index contributed by atoms with van der Waals surface area (Å²) < 4.78 is 0. The number of hydrogen-bond acceptors (Lipinski definition) is 2. The smallest absolute Gasteiger partial charge is 0.243 e. The van der Waals surface area contributed by atoms with Gasteiger partial charge in [0.05, 0.1) is 12.1 Å². The molecule has 2 aromatic rings. The lowest BCUT2D eigenvalue weighted by Crippen LogP contribution is -2.48. The van der Waals surface area contributed by atoms with Gasteiger partial charge >= 0.3 is 0 Å². The molecule has 2 rings (SSSR count). The SMILES string of the molecule is C[C@@H]([C@@H](O)c1ccccc1)N(C)C(=O)C(C)(Cl)Cc1ccccc1. The summed E-state index contributed by atoms with van der Waals surface area (Å²) in [6.07, 6.45) is -0.323. The van der Waals surface area contributed by atoms with Crippen molar-refractivity contribution in [1.82, 2.24) is 4.90 Å². The Morgan fingerprint density at radius 2 is 1.62 bits per heavy atom. The molecule has 3 nitrogen and oxygen atoms in total. The number of aliphatic hydroxyl groups is 1. The minimum absolute atomic E-state index is 0.199. The Bertz CT molecular complexity index is 658. The van der Waals surface area contributed by atoms with Gasteiger partial charge in [-0.15, -0.1) is 11.6 Å². The molecule has 0 spiro atoms. The van der Waals surface area contributed by atoms with Gasteiger partial charge in [0.2, 0.25) is 5.91 Å². The molecule has 0 aromatic heterocycles. The van der Waals surface area contributed by atoms with Crippen LogP contribution in [0.15, 0.2) is 60.7 Å². The van der Waals surface area contributed by atoms with Crippen LogP contribution in [-0.4, -0.2) is 33.9 Å². The van der Waals surface area contributed by atoms with Crippen molar-refractivity contribution in [2.75, 3.05) is 7.05 Å². The van der Waals surface area contributed by atoms with Crippen molar-refractivity contribution >= 4 is 17.5 Å². The zero-order chi connectivity index (χ0) is 17.7. The third-order valence-corrected chi connectivity index (χ3v) is 4.65. The highest BCUT2D eigenvalue weighted by Gasteiger charge is 2.36. The van der Waals surface area contributed by atoms with Crippen LogP contribution in [0.5, 0.6) is 0 Å². The average molecular weight is 346 g/mol. The predicted molar refractivity (Wildman–Crippen MR) is 98.0 cm³/mol. The second-order valence-corrected chi connectivity index (χ2v) is 7.21. The Labute approximate surface area is 148 Å². The number of hydrogen-bond donors (Lipinski definition) is 1. The fourth-order valence-corrected chi connectivity index (χ4v) is 3.04. The maximum atomic E-state index is 12.8. The van der Waals surface area contributed by atoms with Crippen LogP contribution in [0.4, 0.5) is 0 Å². The molecule has 1 N–H and O–H groups in total. The maximum absolute atomic E-state index is 12.8. The number of amides is 1. The van der Waals surface area contributed by atoms with Crippen LogP contribution >= 0.6 is 11.6 Å². The first-order valence-corrected chi connectivity index (χ1v) is 8.44. The van der Waals surface area contributed by atoms with E-state index in [0.29, 0.717) is 6.42 Å². The Hall–Kier alpha value is -1.84. The lowest BCUT2D eigenvalue weighted by Gasteiger charge is -2.34. The monoisotopic (exact) mass is 345 g/mol. The van der Waals surface area contributed by atoms with E-state index in [1.807, 2.05) is 67.6 Å². The van der Waals surface area contributed by atoms with Crippen LogP contribution in [0.1, 0.15) is 31.1 Å². The first-order chi connectivity index (χ1) is 11.3. The van der Waals surface area contributed by atoms with Crippen molar-refractivity contribution < 1.29 is 9.90 Å². The Morgan fingerprint density at radius 1 is 1.12 bits per heavy atom. The molecular weight excluding hydrogens is 322 g/mol. The standard InChI is InChI=1S/C20H24ClNO2/c1-15(18(23)17-12-8-5-9-13-17)22(3)19(24)20(2,21)14-16-10-6-4-7-11-16/h4-13,15,18,23H,14H2,1-3H3/t15-,18+,20?/m0/s1. The van der Waals surface area contributed by atoms with Crippen LogP contribution in [0.2, 0.25) is 0 Å². The number of carbonyl (C=O) groups is 1. The summed E-state index contributed by atoms with van der Waals surface area (Å²) in [6.45, 7) is 3.55. The van der Waals surface area contributed by atoms with Crippen molar-refractivity contribution in [2.45, 2.75) is 37.3 Å². The van der Waals surface area contributed by atoms with E-state index in [1.165, 1.54) is 4.90 Å². The topological polar surface area (TPSA) is 40.5 Å². The molecule has 2 aromatic carbocycles. The van der Waals surface area contributed by atoms with E-state index < -0.39 is 11.0 Å². The van der Waals surface area contributed by atoms with E-state index >= 15 is 0 Å². The first-order valence-electron chi connectivity index (χ1n) is 8.06. The Balaban J connectivity index is 2.09. The van der Waals surface area contributed by atoms with Gasteiger partial charge in [0.1, 0.15) is 4.87 Å². The lowest BCUT2D eigenvalue weighted by molar-refractivity contribution is -0.136. The van der Waals surface area contributed by atoms with Gasteiger partial charge in [0.15, 0.2) is 0 Å². The number of likely N-dealkylation sites (N-methyl/N-ethyl adjacent to an activating group) is 1. The molecule has 4 heteroatoms. The minimum atomic E-state index is -1.05. The van der Waals surface area contributed by atoms with Crippen LogP contribution in [0, 0.1) is 0 Å². The van der Waals surface area contributed by atoms with Gasteiger partial charge in [-0.2, -0.15) is 0 Å². The van der Waals surface area contributed by atoms with Gasteiger partial charge in [0, 0.05) is 13.5 Å². The number of benzene rings is 2. The number of carbonyl (C=O) groups excluding carboxylic acids is 1. The number of halogens is 1. The van der Waals surface area contributed by atoms with Crippen molar-refractivity contribution in [3.05, 3.63) is 71.8 Å². The summed E-state index contributed by atoms with van der Waals surface area (Å²) in [6, 6.07) is 18.7. The number of alkyl halides is 1. The summed E-state index contributed by atoms with van der Waals surface area (Å²) in [5.41, 5.74) is 1.79. The summed E-state index contributed by atoms with van der Waals surface area (Å²) in [4.78, 5) is 13.3. The van der Waals surface area contributed by atoms with E-state index in [9.17, 15) is 9.90 Å². The lowest BCUT2D eigenvalue weighted by atomic mass is 9.96. The highest BCUT2D eigenvalue weighted by atomic mass is 35.5. The third kappa shape index (κ3) is 4.37. The highest BCUT2D eigenvalue weighted by molar-refractivity contribution is 6.34. The molecule has 0 saturated carbocycles. The Morgan fingerprint density at radius 3 is 2.17 bits per heavy atom. The zero-order valence-corrected chi connectivity index (χ0v) is 15.1. The van der Waals surface area contributed by atoms with Crippen LogP contribution in [0.3, 0.4) is 0 Å². The second kappa shape index (κ2) is 7.82. The summed E-state index contributed by atoms with van der Waals surface area (Å²) in [5.74, 6) is -0.199. The highest BCUT2D eigenvalue weighted by Crippen LogP contribution is 2.27. The van der Waals surface area contributed by atoms with Crippen molar-refractivity contribution in [2.24, 2.45) is 0 Å². The Kier molecular flexibility index (Phi) is 6.03. The molecule has 0 saturated heterocycles. The molecule has 0 heterocycles. The molecule has 3 atom stereocenters. The molecule has 0 aliphatic carbocycles. The average Bonchev–Trinajstić information content (AvgIpc) is 2.60. The van der Waals surface area contributed by atoms with E-state index in [0.717, 1.165) is 11.1 Å². The third-order valence-electron chi connectivity index (χ3n) is 4.35. The van der Waals surface area contributed by atoms with Crippen LogP contribution in [-0.2, 0) is 11.2 Å². The first kappa shape index (κ1) is 18.5. The van der Waals surface area contributed by atoms with Crippen molar-refractivity contribution in [1.29, 1.82) is 0 Å². The van der Waals surface area contributed by atoms with Crippen LogP contribution in [0.25, 0.3) is 0 Å². The quantitative estimate of drug-likeness (QED) is 0.809. The van der Waals surface area contributed by atoms with Gasteiger partial charge in [0.25, 0.3) is 0 Å². The van der Waals surface area contributed by atoms with Gasteiger partial charge in [-0.1, -0.05) is 60.7 Å². The molecule has 1 unspecified atom stereocenters. The molecule has 0 bridgehead atoms. The zero-order valence-electron chi connectivity index (χ0n) is 14.3. The molecule has 128 valence electrons. The molecule has 0 aliphatic rings. The largest absolute Gasteiger partial charge is 0.386 e. The second-order valence-electron chi connectivity index (χ2n) is 6.37. The molecule has 0 aliphatic heterocycles. The van der Waals surface area contributed by atoms with E-state index in [2.05, 4.69) is 0 Å². The molecular formula is C20H24ClNO2. The molecule has 0 radical (unpaired) electrons. The van der Waals surface area contributed by atoms with Gasteiger partial charge in [-0.25, -0.2) is 0 Å². The minimum Gasteiger partial charge on any atom is -0.386 e. The van der Waals surface area contributed by atoms with Gasteiger partial charge in [-0.05, 0) is 25.0 Å². The van der Waals surface area contributed by atoms with E-state index in [1.54, 1.807) is 14.0 Å². The fraction of sp³-hybridized carbons (Fsp3) is 0.350. The predicted octanol–water partition coefficient (Wildman–Crippen LogP) is 3.81. The summed E-state index contributed by atoms with van der Waals surface area (Å²) >= 11 is 6.54. The van der Waals surface area contributed by atoms with Crippen molar-refractivity contribution in [3.63, 3.8) is 0 Å². The fourth-order valence-electron chi connectivity index (χ4n) is 2.75. The van der Waals surface area contributed by atoms with E-state index in [-0.39, 0.29) is 11.9 Å². The van der Waals surface area contributed by atoms with Gasteiger partial charge < -0.3 is 10.0 Å². The molecule has 1 amide bonds. The van der Waals surface area contributed by atoms with Crippen LogP contribution < -0.4 is 0 Å². The number of nitrogens with zero attached hydrogens (tertiary/aromatic N) is 1. The maximum Gasteiger partial charge on any atom is 0.243 e.